The lowest BCUT2D eigenvalue weighted by molar-refractivity contribution is 0.387. The number of aromatic nitrogens is 1. The van der Waals surface area contributed by atoms with Crippen LogP contribution in [0, 0.1) is 11.6 Å². The summed E-state index contributed by atoms with van der Waals surface area (Å²) in [6.07, 6.45) is 2.06. The minimum Gasteiger partial charge on any atom is -0.494 e. The normalized spacial score (nSPS) is 15.6. The van der Waals surface area contributed by atoms with E-state index < -0.39 is 5.82 Å². The molecule has 1 aliphatic rings. The van der Waals surface area contributed by atoms with E-state index in [0.29, 0.717) is 17.0 Å². The average Bonchev–Trinajstić information content (AvgIpc) is 3.08. The van der Waals surface area contributed by atoms with Crippen molar-refractivity contribution in [1.29, 1.82) is 0 Å². The van der Waals surface area contributed by atoms with Crippen LogP contribution in [0.1, 0.15) is 23.8 Å². The van der Waals surface area contributed by atoms with Gasteiger partial charge in [0.25, 0.3) is 0 Å². The largest absolute Gasteiger partial charge is 0.494 e. The van der Waals surface area contributed by atoms with E-state index in [2.05, 4.69) is 10.3 Å². The first-order chi connectivity index (χ1) is 12.2. The fourth-order valence-electron chi connectivity index (χ4n) is 3.26. The number of hydrogen-bond acceptors (Lipinski definition) is 4. The number of nitrogens with zero attached hydrogens (tertiary/aromatic N) is 1. The lowest BCUT2D eigenvalue weighted by Gasteiger charge is -2.20. The maximum atomic E-state index is 14.6. The maximum Gasteiger partial charge on any atom is 0.165 e. The molecule has 1 aliphatic heterocycles. The lowest BCUT2D eigenvalue weighted by atomic mass is 9.99. The third-order valence-electron chi connectivity index (χ3n) is 4.64. The van der Waals surface area contributed by atoms with Gasteiger partial charge in [-0.3, -0.25) is 0 Å². The smallest absolute Gasteiger partial charge is 0.165 e. The van der Waals surface area contributed by atoms with Gasteiger partial charge in [0.2, 0.25) is 0 Å². The van der Waals surface area contributed by atoms with E-state index in [-0.39, 0.29) is 11.6 Å². The van der Waals surface area contributed by atoms with Crippen molar-refractivity contribution in [2.24, 2.45) is 0 Å². The van der Waals surface area contributed by atoms with Gasteiger partial charge in [-0.05, 0) is 61.3 Å². The third kappa shape index (κ3) is 3.12. The van der Waals surface area contributed by atoms with Gasteiger partial charge in [-0.25, -0.2) is 13.8 Å². The first-order valence-electron chi connectivity index (χ1n) is 8.30. The topological polar surface area (TPSA) is 34.1 Å². The van der Waals surface area contributed by atoms with Crippen LogP contribution in [0.5, 0.6) is 5.75 Å². The standard InChI is InChI=1S/C19H18F2N2OS/c1-24-16-9-12(2-3-14(16)20)13-8-15(21)18-17(10-13)25-19(23-18)11-4-6-22-7-5-11/h2-3,8-11,22H,4-7H2,1H3. The van der Waals surface area contributed by atoms with E-state index in [9.17, 15) is 8.78 Å². The van der Waals surface area contributed by atoms with Gasteiger partial charge in [0.1, 0.15) is 5.52 Å². The summed E-state index contributed by atoms with van der Waals surface area (Å²) < 4.78 is 34.1. The highest BCUT2D eigenvalue weighted by atomic mass is 32.1. The molecule has 0 atom stereocenters. The highest BCUT2D eigenvalue weighted by Crippen LogP contribution is 2.36. The van der Waals surface area contributed by atoms with Crippen molar-refractivity contribution in [3.63, 3.8) is 0 Å². The number of halogens is 2. The molecule has 0 amide bonds. The van der Waals surface area contributed by atoms with Crippen LogP contribution < -0.4 is 10.1 Å². The average molecular weight is 360 g/mol. The predicted octanol–water partition coefficient (Wildman–Crippen LogP) is 4.72. The molecule has 2 heterocycles. The zero-order valence-corrected chi connectivity index (χ0v) is 14.6. The first-order valence-corrected chi connectivity index (χ1v) is 9.12. The Morgan fingerprint density at radius 1 is 1.08 bits per heavy atom. The number of ether oxygens (including phenoxy) is 1. The van der Waals surface area contributed by atoms with Crippen LogP contribution in [0.25, 0.3) is 21.3 Å². The molecule has 0 aliphatic carbocycles. The molecule has 1 fully saturated rings. The number of nitrogens with one attached hydrogen (secondary N) is 1. The molecule has 2 aromatic carbocycles. The Kier molecular flexibility index (Phi) is 4.39. The molecule has 1 N–H and O–H groups in total. The van der Waals surface area contributed by atoms with Crippen molar-refractivity contribution < 1.29 is 13.5 Å². The Bertz CT molecular complexity index is 919. The lowest BCUT2D eigenvalue weighted by Crippen LogP contribution is -2.26. The second-order valence-electron chi connectivity index (χ2n) is 6.23. The van der Waals surface area contributed by atoms with Crippen molar-refractivity contribution in [2.45, 2.75) is 18.8 Å². The fraction of sp³-hybridized carbons (Fsp3) is 0.316. The summed E-state index contributed by atoms with van der Waals surface area (Å²) in [5.41, 5.74) is 1.84. The van der Waals surface area contributed by atoms with Crippen LogP contribution in [0.4, 0.5) is 8.78 Å². The van der Waals surface area contributed by atoms with Gasteiger partial charge in [0, 0.05) is 5.92 Å². The van der Waals surface area contributed by atoms with Crippen LogP contribution in [0.3, 0.4) is 0 Å². The predicted molar refractivity (Wildman–Crippen MR) is 96.4 cm³/mol. The summed E-state index contributed by atoms with van der Waals surface area (Å²) in [5.74, 6) is -0.226. The summed E-state index contributed by atoms with van der Waals surface area (Å²) in [6.45, 7) is 1.95. The van der Waals surface area contributed by atoms with Crippen molar-refractivity contribution in [1.82, 2.24) is 10.3 Å². The van der Waals surface area contributed by atoms with Crippen LogP contribution in [0.15, 0.2) is 30.3 Å². The molecule has 130 valence electrons. The van der Waals surface area contributed by atoms with Crippen molar-refractivity contribution in [3.05, 3.63) is 47.0 Å². The number of rotatable bonds is 3. The number of hydrogen-bond donors (Lipinski definition) is 1. The highest BCUT2D eigenvalue weighted by molar-refractivity contribution is 7.18. The van der Waals surface area contributed by atoms with Gasteiger partial charge in [-0.1, -0.05) is 6.07 Å². The number of benzene rings is 2. The summed E-state index contributed by atoms with van der Waals surface area (Å²) in [5, 5.41) is 4.34. The molecule has 0 radical (unpaired) electrons. The van der Waals surface area contributed by atoms with Gasteiger partial charge in [-0.15, -0.1) is 11.3 Å². The van der Waals surface area contributed by atoms with Crippen LogP contribution in [-0.4, -0.2) is 25.2 Å². The van der Waals surface area contributed by atoms with Gasteiger partial charge in [-0.2, -0.15) is 0 Å². The molecule has 0 unspecified atom stereocenters. The molecule has 1 saturated heterocycles. The molecule has 0 bridgehead atoms. The van der Waals surface area contributed by atoms with Gasteiger partial charge in [0.05, 0.1) is 16.8 Å². The number of methoxy groups -OCH3 is 1. The molecular weight excluding hydrogens is 342 g/mol. The Morgan fingerprint density at radius 3 is 2.64 bits per heavy atom. The van der Waals surface area contributed by atoms with E-state index >= 15 is 0 Å². The number of piperidine rings is 1. The minimum absolute atomic E-state index is 0.151. The molecule has 3 aromatic rings. The Labute approximate surface area is 148 Å². The Hall–Kier alpha value is -2.05. The Balaban J connectivity index is 1.76. The summed E-state index contributed by atoms with van der Waals surface area (Å²) in [4.78, 5) is 4.55. The van der Waals surface area contributed by atoms with E-state index in [1.54, 1.807) is 23.5 Å². The quantitative estimate of drug-likeness (QED) is 0.734. The van der Waals surface area contributed by atoms with Gasteiger partial charge >= 0.3 is 0 Å². The van der Waals surface area contributed by atoms with Crippen molar-refractivity contribution in [3.8, 4) is 16.9 Å². The zero-order chi connectivity index (χ0) is 17.4. The zero-order valence-electron chi connectivity index (χ0n) is 13.8. The van der Waals surface area contributed by atoms with E-state index in [1.165, 1.54) is 19.2 Å². The minimum atomic E-state index is -0.432. The fourth-order valence-corrected chi connectivity index (χ4v) is 4.45. The van der Waals surface area contributed by atoms with E-state index in [4.69, 9.17) is 4.74 Å². The van der Waals surface area contributed by atoms with Crippen molar-refractivity contribution in [2.75, 3.05) is 20.2 Å². The molecule has 0 spiro atoms. The second-order valence-corrected chi connectivity index (χ2v) is 7.29. The van der Waals surface area contributed by atoms with Gasteiger partial charge < -0.3 is 10.1 Å². The molecule has 4 rings (SSSR count). The highest BCUT2D eigenvalue weighted by Gasteiger charge is 2.20. The SMILES string of the molecule is COc1cc(-c2cc(F)c3nc(C4CCNCC4)sc3c2)ccc1F. The van der Waals surface area contributed by atoms with Crippen LogP contribution in [-0.2, 0) is 0 Å². The van der Waals surface area contributed by atoms with Crippen LogP contribution >= 0.6 is 11.3 Å². The molecule has 6 heteroatoms. The number of thiazole rings is 1. The number of fused-ring (bicyclic) bond motifs is 1. The summed E-state index contributed by atoms with van der Waals surface area (Å²) >= 11 is 1.56. The maximum absolute atomic E-state index is 14.6. The molecular formula is C19H18F2N2OS. The monoisotopic (exact) mass is 360 g/mol. The van der Waals surface area contributed by atoms with Crippen LogP contribution in [0.2, 0.25) is 0 Å². The second kappa shape index (κ2) is 6.69. The molecule has 0 saturated carbocycles. The molecule has 3 nitrogen and oxygen atoms in total. The molecule has 1 aromatic heterocycles. The summed E-state index contributed by atoms with van der Waals surface area (Å²) in [6, 6.07) is 7.94. The first kappa shape index (κ1) is 16.4. The Morgan fingerprint density at radius 2 is 1.88 bits per heavy atom. The van der Waals surface area contributed by atoms with Crippen molar-refractivity contribution >= 4 is 21.6 Å². The summed E-state index contributed by atoms with van der Waals surface area (Å²) in [7, 11) is 1.42. The van der Waals surface area contributed by atoms with E-state index in [0.717, 1.165) is 41.2 Å². The van der Waals surface area contributed by atoms with Gasteiger partial charge in [0.15, 0.2) is 17.4 Å². The third-order valence-corrected chi connectivity index (χ3v) is 5.80. The molecule has 25 heavy (non-hydrogen) atoms. The van der Waals surface area contributed by atoms with E-state index in [1.807, 2.05) is 6.07 Å².